The van der Waals surface area contributed by atoms with Crippen molar-refractivity contribution >= 4 is 27.3 Å². The molecule has 0 unspecified atom stereocenters. The van der Waals surface area contributed by atoms with E-state index in [1.165, 1.54) is 12.1 Å². The van der Waals surface area contributed by atoms with Gasteiger partial charge in [-0.05, 0) is 25.0 Å². The highest BCUT2D eigenvalue weighted by molar-refractivity contribution is 7.91. The molecule has 20 heavy (non-hydrogen) atoms. The lowest BCUT2D eigenvalue weighted by atomic mass is 10.3. The van der Waals surface area contributed by atoms with Crippen molar-refractivity contribution in [2.45, 2.75) is 30.4 Å². The van der Waals surface area contributed by atoms with Crippen molar-refractivity contribution in [1.29, 1.82) is 0 Å². The minimum atomic E-state index is -3.55. The molecule has 0 saturated heterocycles. The van der Waals surface area contributed by atoms with Gasteiger partial charge >= 0.3 is 5.97 Å². The zero-order chi connectivity index (χ0) is 15.0. The second kappa shape index (κ2) is 8.35. The Kier molecular flexibility index (Phi) is 7.14. The highest BCUT2D eigenvalue weighted by atomic mass is 32.2. The van der Waals surface area contributed by atoms with Gasteiger partial charge in [-0.1, -0.05) is 6.92 Å². The largest absolute Gasteiger partial charge is 0.481 e. The molecule has 0 atom stereocenters. The molecule has 6 nitrogen and oxygen atoms in total. The van der Waals surface area contributed by atoms with Crippen LogP contribution in [-0.4, -0.2) is 39.3 Å². The smallest absolute Gasteiger partial charge is 0.308 e. The summed E-state index contributed by atoms with van der Waals surface area (Å²) < 4.78 is 31.7. The molecule has 1 rings (SSSR count). The van der Waals surface area contributed by atoms with E-state index in [9.17, 15) is 13.2 Å². The van der Waals surface area contributed by atoms with Crippen LogP contribution in [0.15, 0.2) is 16.3 Å². The van der Waals surface area contributed by atoms with Crippen LogP contribution in [-0.2, 0) is 26.0 Å². The maximum atomic E-state index is 11.9. The van der Waals surface area contributed by atoms with Gasteiger partial charge in [0.05, 0.1) is 6.42 Å². The van der Waals surface area contributed by atoms with E-state index in [0.717, 1.165) is 17.8 Å². The summed E-state index contributed by atoms with van der Waals surface area (Å²) >= 11 is 0.978. The number of carboxylic acids is 1. The standard InChI is InChI=1S/C12H19NO5S2/c1-2-7-18-8-3-6-13-20(16,17)12-5-4-10(19-12)9-11(14)15/h4-5,13H,2-3,6-9H2,1H3,(H,14,15). The van der Waals surface area contributed by atoms with Crippen LogP contribution in [0, 0.1) is 0 Å². The predicted octanol–water partition coefficient (Wildman–Crippen LogP) is 1.47. The number of aliphatic carboxylic acids is 1. The van der Waals surface area contributed by atoms with Gasteiger partial charge < -0.3 is 9.84 Å². The third-order valence-corrected chi connectivity index (χ3v) is 5.37. The van der Waals surface area contributed by atoms with E-state index in [1.807, 2.05) is 6.92 Å². The molecular weight excluding hydrogens is 302 g/mol. The number of carboxylic acid groups (broad SMARTS) is 1. The Balaban J connectivity index is 2.43. The fourth-order valence-corrected chi connectivity index (χ4v) is 3.91. The Morgan fingerprint density at radius 2 is 2.15 bits per heavy atom. The van der Waals surface area contributed by atoms with Crippen LogP contribution in [0.4, 0.5) is 0 Å². The molecule has 0 saturated carbocycles. The summed E-state index contributed by atoms with van der Waals surface area (Å²) in [6.07, 6.45) is 1.38. The van der Waals surface area contributed by atoms with Gasteiger partial charge in [-0.3, -0.25) is 4.79 Å². The first-order valence-corrected chi connectivity index (χ1v) is 8.63. The Labute approximate surface area is 122 Å². The maximum Gasteiger partial charge on any atom is 0.308 e. The minimum Gasteiger partial charge on any atom is -0.481 e. The zero-order valence-electron chi connectivity index (χ0n) is 11.3. The first kappa shape index (κ1) is 17.1. The molecule has 1 heterocycles. The normalized spacial score (nSPS) is 11.7. The quantitative estimate of drug-likeness (QED) is 0.637. The molecule has 0 fully saturated rings. The molecule has 0 aliphatic rings. The third kappa shape index (κ3) is 6.00. The van der Waals surface area contributed by atoms with Crippen molar-refractivity contribution in [3.63, 3.8) is 0 Å². The second-order valence-electron chi connectivity index (χ2n) is 4.15. The highest BCUT2D eigenvalue weighted by Crippen LogP contribution is 2.21. The number of hydrogen-bond acceptors (Lipinski definition) is 5. The van der Waals surface area contributed by atoms with E-state index in [0.29, 0.717) is 31.1 Å². The Bertz CT molecular complexity index is 524. The lowest BCUT2D eigenvalue weighted by Crippen LogP contribution is -2.24. The molecule has 1 aromatic rings. The lowest BCUT2D eigenvalue weighted by molar-refractivity contribution is -0.136. The number of thiophene rings is 1. The molecule has 2 N–H and O–H groups in total. The molecule has 0 radical (unpaired) electrons. The van der Waals surface area contributed by atoms with Crippen LogP contribution in [0.25, 0.3) is 0 Å². The van der Waals surface area contributed by atoms with Crippen molar-refractivity contribution < 1.29 is 23.1 Å². The average Bonchev–Trinajstić information content (AvgIpc) is 2.82. The fraction of sp³-hybridized carbons (Fsp3) is 0.583. The average molecular weight is 321 g/mol. The SMILES string of the molecule is CCCOCCCNS(=O)(=O)c1ccc(CC(=O)O)s1. The van der Waals surface area contributed by atoms with Gasteiger partial charge in [0.15, 0.2) is 0 Å². The van der Waals surface area contributed by atoms with Crippen molar-refractivity contribution in [2.24, 2.45) is 0 Å². The summed E-state index contributed by atoms with van der Waals surface area (Å²) in [4.78, 5) is 11.1. The van der Waals surface area contributed by atoms with E-state index in [2.05, 4.69) is 4.72 Å². The van der Waals surface area contributed by atoms with Gasteiger partial charge in [0.1, 0.15) is 4.21 Å². The fourth-order valence-electron chi connectivity index (χ4n) is 1.45. The van der Waals surface area contributed by atoms with Crippen LogP contribution < -0.4 is 4.72 Å². The van der Waals surface area contributed by atoms with E-state index >= 15 is 0 Å². The van der Waals surface area contributed by atoms with Gasteiger partial charge in [0.2, 0.25) is 10.0 Å². The number of hydrogen-bond donors (Lipinski definition) is 2. The Hall–Kier alpha value is -0.960. The van der Waals surface area contributed by atoms with E-state index < -0.39 is 16.0 Å². The summed E-state index contributed by atoms with van der Waals surface area (Å²) in [7, 11) is -3.55. The van der Waals surface area contributed by atoms with Crippen LogP contribution in [0.2, 0.25) is 0 Å². The molecule has 114 valence electrons. The van der Waals surface area contributed by atoms with Gasteiger partial charge in [-0.2, -0.15) is 0 Å². The summed E-state index contributed by atoms with van der Waals surface area (Å²) in [6, 6.07) is 2.95. The second-order valence-corrected chi connectivity index (χ2v) is 7.32. The van der Waals surface area contributed by atoms with E-state index in [4.69, 9.17) is 9.84 Å². The third-order valence-electron chi connectivity index (χ3n) is 2.33. The van der Waals surface area contributed by atoms with Crippen LogP contribution >= 0.6 is 11.3 Å². The monoisotopic (exact) mass is 321 g/mol. The molecule has 0 spiro atoms. The summed E-state index contributed by atoms with van der Waals surface area (Å²) in [5.74, 6) is -0.975. The van der Waals surface area contributed by atoms with E-state index in [-0.39, 0.29) is 10.6 Å². The molecule has 0 aromatic carbocycles. The number of ether oxygens (including phenoxy) is 1. The zero-order valence-corrected chi connectivity index (χ0v) is 12.9. The number of sulfonamides is 1. The molecule has 8 heteroatoms. The summed E-state index contributed by atoms with van der Waals surface area (Å²) in [5, 5.41) is 8.65. The van der Waals surface area contributed by atoms with Gasteiger partial charge in [-0.15, -0.1) is 11.3 Å². The van der Waals surface area contributed by atoms with Crippen molar-refractivity contribution in [1.82, 2.24) is 4.72 Å². The highest BCUT2D eigenvalue weighted by Gasteiger charge is 2.16. The molecule has 0 aliphatic carbocycles. The lowest BCUT2D eigenvalue weighted by Gasteiger charge is -2.05. The van der Waals surface area contributed by atoms with Crippen molar-refractivity contribution in [3.05, 3.63) is 17.0 Å². The van der Waals surface area contributed by atoms with Crippen molar-refractivity contribution in [3.8, 4) is 0 Å². The maximum absolute atomic E-state index is 11.9. The van der Waals surface area contributed by atoms with Crippen molar-refractivity contribution in [2.75, 3.05) is 19.8 Å². The Morgan fingerprint density at radius 3 is 2.80 bits per heavy atom. The minimum absolute atomic E-state index is 0.142. The summed E-state index contributed by atoms with van der Waals surface area (Å²) in [6.45, 7) is 3.51. The van der Waals surface area contributed by atoms with Crippen LogP contribution in [0.5, 0.6) is 0 Å². The first-order valence-electron chi connectivity index (χ1n) is 6.33. The molecule has 1 aromatic heterocycles. The molecule has 0 bridgehead atoms. The van der Waals surface area contributed by atoms with Crippen LogP contribution in [0.1, 0.15) is 24.6 Å². The van der Waals surface area contributed by atoms with E-state index in [1.54, 1.807) is 0 Å². The molecule has 0 amide bonds. The predicted molar refractivity (Wildman–Crippen MR) is 76.6 cm³/mol. The van der Waals surface area contributed by atoms with Crippen LogP contribution in [0.3, 0.4) is 0 Å². The first-order chi connectivity index (χ1) is 9.45. The number of rotatable bonds is 10. The molecule has 0 aliphatic heterocycles. The topological polar surface area (TPSA) is 92.7 Å². The number of carbonyl (C=O) groups is 1. The van der Waals surface area contributed by atoms with Gasteiger partial charge in [-0.25, -0.2) is 13.1 Å². The molecular formula is C12H19NO5S2. The number of nitrogens with one attached hydrogen (secondary N) is 1. The van der Waals surface area contributed by atoms with Gasteiger partial charge in [0.25, 0.3) is 0 Å². The summed E-state index contributed by atoms with van der Waals surface area (Å²) in [5.41, 5.74) is 0. The Morgan fingerprint density at radius 1 is 1.40 bits per heavy atom. The van der Waals surface area contributed by atoms with Gasteiger partial charge in [0, 0.05) is 24.6 Å².